The Morgan fingerprint density at radius 1 is 1.08 bits per heavy atom. The molecule has 2 rings (SSSR count). The molecule has 0 saturated carbocycles. The van der Waals surface area contributed by atoms with Crippen LogP contribution in [0.15, 0.2) is 53.6 Å². The number of carbonyl (C=O) groups is 2. The number of carbonyl (C=O) groups excluding carboxylic acids is 2. The normalized spacial score (nSPS) is 10.4. The van der Waals surface area contributed by atoms with Crippen molar-refractivity contribution >= 4 is 29.4 Å². The molecule has 2 aromatic carbocycles. The van der Waals surface area contributed by atoms with Crippen molar-refractivity contribution < 1.29 is 14.5 Å². The number of hydrogen-bond donors (Lipinski definition) is 2. The summed E-state index contributed by atoms with van der Waals surface area (Å²) in [5, 5.41) is 16.7. The van der Waals surface area contributed by atoms with Crippen molar-refractivity contribution in [2.24, 2.45) is 5.10 Å². The van der Waals surface area contributed by atoms with Gasteiger partial charge in [0.15, 0.2) is 0 Å². The third-order valence-electron chi connectivity index (χ3n) is 3.08. The number of non-ortho nitro benzene ring substituents is 1. The number of nitro benzene ring substituents is 1. The lowest BCUT2D eigenvalue weighted by Gasteiger charge is -2.06. The first-order valence-electron chi connectivity index (χ1n) is 6.92. The molecule has 8 nitrogen and oxygen atoms in total. The Labute approximate surface area is 137 Å². The van der Waals surface area contributed by atoms with E-state index in [1.807, 2.05) is 6.07 Å². The minimum Gasteiger partial charge on any atom is -0.317 e. The summed E-state index contributed by atoms with van der Waals surface area (Å²) in [5.74, 6) is -1.76. The lowest BCUT2D eigenvalue weighted by atomic mass is 10.2. The molecule has 0 unspecified atom stereocenters. The van der Waals surface area contributed by atoms with Gasteiger partial charge in [-0.2, -0.15) is 5.10 Å². The van der Waals surface area contributed by atoms with Crippen LogP contribution in [0.1, 0.15) is 11.1 Å². The fourth-order valence-corrected chi connectivity index (χ4v) is 1.79. The molecule has 0 heterocycles. The molecule has 0 saturated heterocycles. The third-order valence-corrected chi connectivity index (χ3v) is 3.08. The zero-order valence-electron chi connectivity index (χ0n) is 12.7. The Morgan fingerprint density at radius 3 is 2.38 bits per heavy atom. The van der Waals surface area contributed by atoms with E-state index in [1.165, 1.54) is 30.5 Å². The van der Waals surface area contributed by atoms with Gasteiger partial charge in [0.2, 0.25) is 0 Å². The number of rotatable bonds is 4. The molecule has 2 N–H and O–H groups in total. The molecule has 0 aliphatic carbocycles. The van der Waals surface area contributed by atoms with Crippen molar-refractivity contribution in [2.75, 3.05) is 5.32 Å². The first-order chi connectivity index (χ1) is 11.5. The summed E-state index contributed by atoms with van der Waals surface area (Å²) < 4.78 is 0. The van der Waals surface area contributed by atoms with Gasteiger partial charge in [0.25, 0.3) is 5.69 Å². The van der Waals surface area contributed by atoms with Crippen molar-refractivity contribution in [1.29, 1.82) is 0 Å². The Balaban J connectivity index is 1.91. The summed E-state index contributed by atoms with van der Waals surface area (Å²) in [6.45, 7) is 1.81. The van der Waals surface area contributed by atoms with Crippen LogP contribution in [0.4, 0.5) is 11.4 Å². The number of amides is 2. The molecule has 2 aromatic rings. The Bertz CT molecular complexity index is 800. The topological polar surface area (TPSA) is 114 Å². The molecule has 0 bridgehead atoms. The second-order valence-corrected chi connectivity index (χ2v) is 4.82. The highest BCUT2D eigenvalue weighted by molar-refractivity contribution is 6.39. The van der Waals surface area contributed by atoms with Crippen LogP contribution in [-0.2, 0) is 9.59 Å². The number of anilines is 1. The number of hydrogen-bond acceptors (Lipinski definition) is 5. The van der Waals surface area contributed by atoms with Crippen LogP contribution in [0.25, 0.3) is 0 Å². The Kier molecular flexibility index (Phi) is 5.35. The van der Waals surface area contributed by atoms with E-state index in [4.69, 9.17) is 0 Å². The summed E-state index contributed by atoms with van der Waals surface area (Å²) in [4.78, 5) is 33.4. The zero-order chi connectivity index (χ0) is 17.5. The van der Waals surface area contributed by atoms with Gasteiger partial charge in [-0.15, -0.1) is 0 Å². The SMILES string of the molecule is Cc1ccccc1NC(=O)C(=O)N/N=C\c1ccc([N+](=O)[O-])cc1. The van der Waals surface area contributed by atoms with Crippen LogP contribution in [0.2, 0.25) is 0 Å². The fraction of sp³-hybridized carbons (Fsp3) is 0.0625. The van der Waals surface area contributed by atoms with Gasteiger partial charge in [0, 0.05) is 17.8 Å². The van der Waals surface area contributed by atoms with Gasteiger partial charge in [-0.05, 0) is 36.2 Å². The maximum atomic E-state index is 11.8. The predicted octanol–water partition coefficient (Wildman–Crippen LogP) is 1.99. The number of nitro groups is 1. The highest BCUT2D eigenvalue weighted by Crippen LogP contribution is 2.12. The van der Waals surface area contributed by atoms with E-state index < -0.39 is 16.7 Å². The van der Waals surface area contributed by atoms with Crippen molar-refractivity contribution in [3.8, 4) is 0 Å². The lowest BCUT2D eigenvalue weighted by molar-refractivity contribution is -0.384. The molecule has 0 spiro atoms. The third kappa shape index (κ3) is 4.47. The molecular formula is C16H14N4O4. The highest BCUT2D eigenvalue weighted by atomic mass is 16.6. The number of nitrogens with zero attached hydrogens (tertiary/aromatic N) is 2. The van der Waals surface area contributed by atoms with Crippen LogP contribution >= 0.6 is 0 Å². The van der Waals surface area contributed by atoms with Gasteiger partial charge < -0.3 is 5.32 Å². The quantitative estimate of drug-likeness (QED) is 0.387. The minimum atomic E-state index is -0.920. The number of aryl methyl sites for hydroxylation is 1. The molecule has 0 atom stereocenters. The first-order valence-corrected chi connectivity index (χ1v) is 6.92. The minimum absolute atomic E-state index is 0.0474. The second kappa shape index (κ2) is 7.63. The standard InChI is InChI=1S/C16H14N4O4/c1-11-4-2-3-5-14(11)18-15(21)16(22)19-17-10-12-6-8-13(9-7-12)20(23)24/h2-10H,1H3,(H,18,21)(H,19,22)/b17-10-. The van der Waals surface area contributed by atoms with Crippen LogP contribution in [0, 0.1) is 17.0 Å². The smallest absolute Gasteiger partial charge is 0.317 e. The van der Waals surface area contributed by atoms with E-state index in [1.54, 1.807) is 25.1 Å². The van der Waals surface area contributed by atoms with E-state index in [0.29, 0.717) is 11.3 Å². The number of benzene rings is 2. The molecule has 0 radical (unpaired) electrons. The van der Waals surface area contributed by atoms with E-state index in [0.717, 1.165) is 5.56 Å². The number of para-hydroxylation sites is 1. The van der Waals surface area contributed by atoms with Crippen molar-refractivity contribution in [1.82, 2.24) is 5.43 Å². The second-order valence-electron chi connectivity index (χ2n) is 4.82. The largest absolute Gasteiger partial charge is 0.329 e. The van der Waals surface area contributed by atoms with E-state index >= 15 is 0 Å². The maximum Gasteiger partial charge on any atom is 0.329 e. The molecule has 0 aliphatic rings. The molecule has 0 aromatic heterocycles. The van der Waals surface area contributed by atoms with Crippen LogP contribution in [-0.4, -0.2) is 23.0 Å². The predicted molar refractivity (Wildman–Crippen MR) is 88.6 cm³/mol. The first kappa shape index (κ1) is 16.8. The van der Waals surface area contributed by atoms with Gasteiger partial charge in [-0.1, -0.05) is 18.2 Å². The van der Waals surface area contributed by atoms with E-state index in [-0.39, 0.29) is 5.69 Å². The fourth-order valence-electron chi connectivity index (χ4n) is 1.79. The molecule has 2 amide bonds. The van der Waals surface area contributed by atoms with Crippen molar-refractivity contribution in [2.45, 2.75) is 6.92 Å². The molecule has 122 valence electrons. The molecular weight excluding hydrogens is 312 g/mol. The lowest BCUT2D eigenvalue weighted by Crippen LogP contribution is -2.32. The maximum absolute atomic E-state index is 11.8. The van der Waals surface area contributed by atoms with E-state index in [9.17, 15) is 19.7 Å². The van der Waals surface area contributed by atoms with Gasteiger partial charge in [0.05, 0.1) is 11.1 Å². The molecule has 24 heavy (non-hydrogen) atoms. The van der Waals surface area contributed by atoms with Crippen LogP contribution in [0.5, 0.6) is 0 Å². The summed E-state index contributed by atoms with van der Waals surface area (Å²) >= 11 is 0. The molecule has 8 heteroatoms. The summed E-state index contributed by atoms with van der Waals surface area (Å²) in [6, 6.07) is 12.6. The van der Waals surface area contributed by atoms with Crippen molar-refractivity contribution in [3.05, 3.63) is 69.8 Å². The zero-order valence-corrected chi connectivity index (χ0v) is 12.7. The van der Waals surface area contributed by atoms with Gasteiger partial charge in [-0.25, -0.2) is 5.43 Å². The number of hydrazone groups is 1. The van der Waals surface area contributed by atoms with Crippen LogP contribution in [0.3, 0.4) is 0 Å². The molecule has 0 aliphatic heterocycles. The van der Waals surface area contributed by atoms with Gasteiger partial charge in [-0.3, -0.25) is 19.7 Å². The summed E-state index contributed by atoms with van der Waals surface area (Å²) in [7, 11) is 0. The average Bonchev–Trinajstić information content (AvgIpc) is 2.57. The molecule has 0 fully saturated rings. The van der Waals surface area contributed by atoms with Gasteiger partial charge >= 0.3 is 11.8 Å². The van der Waals surface area contributed by atoms with Crippen LogP contribution < -0.4 is 10.7 Å². The van der Waals surface area contributed by atoms with Gasteiger partial charge in [0.1, 0.15) is 0 Å². The highest BCUT2D eigenvalue weighted by Gasteiger charge is 2.13. The van der Waals surface area contributed by atoms with Crippen molar-refractivity contribution in [3.63, 3.8) is 0 Å². The summed E-state index contributed by atoms with van der Waals surface area (Å²) in [5.41, 5.74) is 3.95. The Morgan fingerprint density at radius 2 is 1.75 bits per heavy atom. The Hall–Kier alpha value is -3.55. The summed E-state index contributed by atoms with van der Waals surface area (Å²) in [6.07, 6.45) is 1.28. The number of nitrogens with one attached hydrogen (secondary N) is 2. The monoisotopic (exact) mass is 326 g/mol. The average molecular weight is 326 g/mol. The van der Waals surface area contributed by atoms with E-state index in [2.05, 4.69) is 15.8 Å².